The first kappa shape index (κ1) is 14.2. The van der Waals surface area contributed by atoms with Crippen molar-refractivity contribution in [2.24, 2.45) is 0 Å². The Morgan fingerprint density at radius 1 is 1.33 bits per heavy atom. The van der Waals surface area contributed by atoms with Crippen LogP contribution in [0.2, 0.25) is 0 Å². The largest absolute Gasteiger partial charge is 0.379 e. The molecule has 0 aromatic rings. The third kappa shape index (κ3) is 3.87. The number of nitrogens with zero attached hydrogens (tertiary/aromatic N) is 2. The topological polar surface area (TPSA) is 32.8 Å². The Hall–Kier alpha value is -0.260. The van der Waals surface area contributed by atoms with Crippen LogP contribution in [-0.2, 0) is 9.53 Å². The van der Waals surface area contributed by atoms with Gasteiger partial charge < -0.3 is 9.64 Å². The lowest BCUT2D eigenvalue weighted by Crippen LogP contribution is -2.50. The summed E-state index contributed by atoms with van der Waals surface area (Å²) in [5.74, 6) is 2.59. The van der Waals surface area contributed by atoms with E-state index < -0.39 is 0 Å². The van der Waals surface area contributed by atoms with Crippen molar-refractivity contribution in [1.29, 1.82) is 0 Å². The van der Waals surface area contributed by atoms with Crippen LogP contribution in [0.4, 0.5) is 0 Å². The van der Waals surface area contributed by atoms with E-state index in [0.29, 0.717) is 18.4 Å². The highest BCUT2D eigenvalue weighted by Crippen LogP contribution is 2.18. The van der Waals surface area contributed by atoms with E-state index in [9.17, 15) is 4.79 Å². The van der Waals surface area contributed by atoms with E-state index in [2.05, 4.69) is 9.80 Å². The fourth-order valence-corrected chi connectivity index (χ4v) is 3.65. The van der Waals surface area contributed by atoms with E-state index in [1.807, 2.05) is 18.7 Å². The molecule has 0 spiro atoms. The number of carbonyl (C=O) groups excluding carboxylic acids is 1. The van der Waals surface area contributed by atoms with Crippen molar-refractivity contribution in [2.75, 3.05) is 50.9 Å². The van der Waals surface area contributed by atoms with Gasteiger partial charge in [-0.1, -0.05) is 6.92 Å². The summed E-state index contributed by atoms with van der Waals surface area (Å²) in [6, 6.07) is 0.392. The number of carbonyl (C=O) groups is 1. The minimum Gasteiger partial charge on any atom is -0.379 e. The summed E-state index contributed by atoms with van der Waals surface area (Å²) >= 11 is 1.99. The van der Waals surface area contributed by atoms with Gasteiger partial charge in [0.1, 0.15) is 0 Å². The lowest BCUT2D eigenvalue weighted by atomic mass is 10.2. The molecule has 2 aliphatic heterocycles. The SMILES string of the molecule is CCC(=O)N1CCCSCC1CN1CCOCC1. The Morgan fingerprint density at radius 3 is 2.83 bits per heavy atom. The van der Waals surface area contributed by atoms with Crippen LogP contribution in [0.1, 0.15) is 19.8 Å². The van der Waals surface area contributed by atoms with Gasteiger partial charge in [-0.05, 0) is 12.2 Å². The molecule has 2 fully saturated rings. The van der Waals surface area contributed by atoms with Crippen LogP contribution in [0.3, 0.4) is 0 Å². The van der Waals surface area contributed by atoms with Crippen molar-refractivity contribution in [2.45, 2.75) is 25.8 Å². The van der Waals surface area contributed by atoms with Crippen LogP contribution in [0, 0.1) is 0 Å². The summed E-state index contributed by atoms with van der Waals surface area (Å²) in [7, 11) is 0. The highest BCUT2D eigenvalue weighted by Gasteiger charge is 2.26. The molecule has 0 bridgehead atoms. The van der Waals surface area contributed by atoms with Gasteiger partial charge in [-0.25, -0.2) is 0 Å². The van der Waals surface area contributed by atoms with Gasteiger partial charge >= 0.3 is 0 Å². The Labute approximate surface area is 114 Å². The zero-order valence-corrected chi connectivity index (χ0v) is 12.1. The number of morpholine rings is 1. The Kier molecular flexibility index (Phi) is 5.79. The Morgan fingerprint density at radius 2 is 2.11 bits per heavy atom. The molecule has 18 heavy (non-hydrogen) atoms. The number of hydrogen-bond acceptors (Lipinski definition) is 4. The van der Waals surface area contributed by atoms with Crippen molar-refractivity contribution in [1.82, 2.24) is 9.80 Å². The molecule has 4 nitrogen and oxygen atoms in total. The molecule has 2 rings (SSSR count). The molecule has 104 valence electrons. The molecule has 0 N–H and O–H groups in total. The second-order valence-electron chi connectivity index (χ2n) is 4.94. The van der Waals surface area contributed by atoms with Gasteiger partial charge in [0.05, 0.1) is 19.3 Å². The fourth-order valence-electron chi connectivity index (χ4n) is 2.59. The van der Waals surface area contributed by atoms with E-state index in [1.54, 1.807) is 0 Å². The Bertz CT molecular complexity index is 270. The molecule has 0 aliphatic carbocycles. The van der Waals surface area contributed by atoms with Gasteiger partial charge in [-0.3, -0.25) is 9.69 Å². The predicted molar refractivity (Wildman–Crippen MR) is 75.0 cm³/mol. The molecule has 2 aliphatic rings. The monoisotopic (exact) mass is 272 g/mol. The summed E-state index contributed by atoms with van der Waals surface area (Å²) < 4.78 is 5.38. The highest BCUT2D eigenvalue weighted by molar-refractivity contribution is 7.99. The first-order valence-corrected chi connectivity index (χ1v) is 8.14. The average molecular weight is 272 g/mol. The molecule has 0 radical (unpaired) electrons. The second-order valence-corrected chi connectivity index (χ2v) is 6.09. The first-order valence-electron chi connectivity index (χ1n) is 6.98. The van der Waals surface area contributed by atoms with E-state index in [4.69, 9.17) is 4.74 Å². The number of amides is 1. The number of hydrogen-bond donors (Lipinski definition) is 0. The van der Waals surface area contributed by atoms with Crippen LogP contribution in [0.15, 0.2) is 0 Å². The lowest BCUT2D eigenvalue weighted by molar-refractivity contribution is -0.133. The zero-order chi connectivity index (χ0) is 12.8. The summed E-state index contributed by atoms with van der Waals surface area (Å²) in [6.45, 7) is 7.61. The fraction of sp³-hybridized carbons (Fsp3) is 0.923. The highest BCUT2D eigenvalue weighted by atomic mass is 32.2. The van der Waals surface area contributed by atoms with Crippen molar-refractivity contribution >= 4 is 17.7 Å². The predicted octanol–water partition coefficient (Wildman–Crippen LogP) is 1.06. The van der Waals surface area contributed by atoms with Crippen LogP contribution in [0.5, 0.6) is 0 Å². The Balaban J connectivity index is 1.93. The smallest absolute Gasteiger partial charge is 0.222 e. The lowest BCUT2D eigenvalue weighted by Gasteiger charge is -2.35. The summed E-state index contributed by atoms with van der Waals surface area (Å²) in [4.78, 5) is 16.6. The summed E-state index contributed by atoms with van der Waals surface area (Å²) in [5.41, 5.74) is 0. The van der Waals surface area contributed by atoms with Crippen LogP contribution >= 0.6 is 11.8 Å². The van der Waals surface area contributed by atoms with Crippen molar-refractivity contribution < 1.29 is 9.53 Å². The van der Waals surface area contributed by atoms with E-state index in [-0.39, 0.29) is 0 Å². The standard InChI is InChI=1S/C13H24N2O2S/c1-2-13(16)15-4-3-9-18-11-12(15)10-14-5-7-17-8-6-14/h12H,2-11H2,1H3. The number of thioether (sulfide) groups is 1. The molecular weight excluding hydrogens is 248 g/mol. The van der Waals surface area contributed by atoms with E-state index in [1.165, 1.54) is 5.75 Å². The third-order valence-corrected chi connectivity index (χ3v) is 4.83. The molecule has 2 saturated heterocycles. The van der Waals surface area contributed by atoms with Gasteiger partial charge in [0.25, 0.3) is 0 Å². The molecule has 2 heterocycles. The average Bonchev–Trinajstić information content (AvgIpc) is 2.64. The van der Waals surface area contributed by atoms with Gasteiger partial charge in [-0.15, -0.1) is 0 Å². The minimum absolute atomic E-state index is 0.316. The maximum Gasteiger partial charge on any atom is 0.222 e. The second kappa shape index (κ2) is 7.36. The normalized spacial score (nSPS) is 26.9. The molecular formula is C13H24N2O2S. The molecule has 1 atom stereocenters. The molecule has 1 unspecified atom stereocenters. The molecule has 1 amide bonds. The number of ether oxygens (including phenoxy) is 1. The van der Waals surface area contributed by atoms with Crippen molar-refractivity contribution in [3.8, 4) is 0 Å². The van der Waals surface area contributed by atoms with Crippen LogP contribution in [-0.4, -0.2) is 72.6 Å². The third-order valence-electron chi connectivity index (χ3n) is 3.63. The van der Waals surface area contributed by atoms with E-state index in [0.717, 1.165) is 51.6 Å². The maximum atomic E-state index is 12.0. The number of rotatable bonds is 3. The minimum atomic E-state index is 0.316. The van der Waals surface area contributed by atoms with Crippen molar-refractivity contribution in [3.05, 3.63) is 0 Å². The van der Waals surface area contributed by atoms with E-state index >= 15 is 0 Å². The van der Waals surface area contributed by atoms with Crippen LogP contribution < -0.4 is 0 Å². The molecule has 0 aromatic carbocycles. The maximum absolute atomic E-state index is 12.0. The zero-order valence-electron chi connectivity index (χ0n) is 11.3. The van der Waals surface area contributed by atoms with Gasteiger partial charge in [-0.2, -0.15) is 11.8 Å². The van der Waals surface area contributed by atoms with Crippen LogP contribution in [0.25, 0.3) is 0 Å². The molecule has 0 aromatic heterocycles. The molecule has 5 heteroatoms. The molecule has 0 saturated carbocycles. The van der Waals surface area contributed by atoms with Gasteiger partial charge in [0.15, 0.2) is 0 Å². The summed E-state index contributed by atoms with van der Waals surface area (Å²) in [6.07, 6.45) is 1.76. The first-order chi connectivity index (χ1) is 8.81. The van der Waals surface area contributed by atoms with Crippen molar-refractivity contribution in [3.63, 3.8) is 0 Å². The van der Waals surface area contributed by atoms with Gasteiger partial charge in [0, 0.05) is 38.4 Å². The quantitative estimate of drug-likeness (QED) is 0.769. The van der Waals surface area contributed by atoms with Gasteiger partial charge in [0.2, 0.25) is 5.91 Å². The summed E-state index contributed by atoms with van der Waals surface area (Å²) in [5, 5.41) is 0.